The van der Waals surface area contributed by atoms with E-state index in [1.807, 2.05) is 0 Å². The summed E-state index contributed by atoms with van der Waals surface area (Å²) in [7, 11) is 0. The molecule has 0 fully saturated rings. The molecule has 0 bridgehead atoms. The van der Waals surface area contributed by atoms with E-state index in [0.717, 1.165) is 11.4 Å². The van der Waals surface area contributed by atoms with E-state index in [2.05, 4.69) is 15.3 Å². The molecule has 0 spiro atoms. The summed E-state index contributed by atoms with van der Waals surface area (Å²) in [4.78, 5) is 17.1. The molecule has 1 aromatic heterocycles. The third-order valence-electron chi connectivity index (χ3n) is 2.43. The van der Waals surface area contributed by atoms with Crippen molar-refractivity contribution in [2.45, 2.75) is 13.5 Å². The summed E-state index contributed by atoms with van der Waals surface area (Å²) >= 11 is 0. The summed E-state index contributed by atoms with van der Waals surface area (Å²) in [6, 6.07) is 4.96. The first-order valence-electron chi connectivity index (χ1n) is 5.13. The fraction of sp³-hybridized carbons (Fsp3) is 0.182. The number of benzene rings is 1. The van der Waals surface area contributed by atoms with Crippen molar-refractivity contribution in [3.63, 3.8) is 0 Å². The Bertz CT molecular complexity index is 522. The van der Waals surface area contributed by atoms with Gasteiger partial charge >= 0.3 is 0 Å². The first kappa shape index (κ1) is 11.1. The third-order valence-corrected chi connectivity index (χ3v) is 2.43. The summed E-state index contributed by atoms with van der Waals surface area (Å²) in [6.07, 6.45) is 3.34. The van der Waals surface area contributed by atoms with Gasteiger partial charge in [-0.2, -0.15) is 0 Å². The van der Waals surface area contributed by atoms with E-state index in [1.165, 1.54) is 6.07 Å². The number of anilines is 1. The Morgan fingerprint density at radius 3 is 2.94 bits per heavy atom. The lowest BCUT2D eigenvalue weighted by molar-refractivity contribution is -0.385. The summed E-state index contributed by atoms with van der Waals surface area (Å²) < 4.78 is 0. The van der Waals surface area contributed by atoms with Gasteiger partial charge < -0.3 is 10.3 Å². The Morgan fingerprint density at radius 2 is 2.35 bits per heavy atom. The predicted octanol–water partition coefficient (Wildman–Crippen LogP) is 2.24. The molecule has 0 amide bonds. The number of nitro groups is 1. The van der Waals surface area contributed by atoms with Gasteiger partial charge in [-0.1, -0.05) is 0 Å². The van der Waals surface area contributed by atoms with Crippen LogP contribution >= 0.6 is 0 Å². The van der Waals surface area contributed by atoms with E-state index in [-0.39, 0.29) is 10.6 Å². The van der Waals surface area contributed by atoms with Crippen LogP contribution in [0.5, 0.6) is 0 Å². The maximum absolute atomic E-state index is 10.6. The molecule has 1 heterocycles. The molecule has 0 aliphatic heterocycles. The quantitative estimate of drug-likeness (QED) is 0.625. The van der Waals surface area contributed by atoms with Gasteiger partial charge in [-0.3, -0.25) is 10.1 Å². The highest BCUT2D eigenvalue weighted by atomic mass is 16.6. The number of imidazole rings is 1. The van der Waals surface area contributed by atoms with E-state index in [4.69, 9.17) is 0 Å². The average molecular weight is 232 g/mol. The molecule has 0 saturated carbocycles. The van der Waals surface area contributed by atoms with Crippen molar-refractivity contribution in [2.75, 3.05) is 5.32 Å². The van der Waals surface area contributed by atoms with Crippen LogP contribution in [0.15, 0.2) is 30.7 Å². The van der Waals surface area contributed by atoms with Gasteiger partial charge in [0.1, 0.15) is 0 Å². The molecule has 6 heteroatoms. The molecule has 2 N–H and O–H groups in total. The third kappa shape index (κ3) is 2.60. The zero-order chi connectivity index (χ0) is 12.3. The molecule has 0 aliphatic carbocycles. The maximum atomic E-state index is 10.6. The molecule has 88 valence electrons. The van der Waals surface area contributed by atoms with Crippen LogP contribution in [0.25, 0.3) is 0 Å². The first-order valence-corrected chi connectivity index (χ1v) is 5.13. The number of aromatic amines is 1. The van der Waals surface area contributed by atoms with Crippen molar-refractivity contribution in [3.8, 4) is 0 Å². The second kappa shape index (κ2) is 4.65. The standard InChI is InChI=1S/C11H12N4O2/c1-8-4-9(2-3-11(8)15(16)17)13-6-10-5-12-7-14-10/h2-5,7,13H,6H2,1H3,(H,12,14). The number of hydrogen-bond donors (Lipinski definition) is 2. The Morgan fingerprint density at radius 1 is 1.53 bits per heavy atom. The Hall–Kier alpha value is -2.37. The van der Waals surface area contributed by atoms with Crippen LogP contribution in [0.2, 0.25) is 0 Å². The Kier molecular flexibility index (Phi) is 3.04. The number of nitro benzene ring substituents is 1. The van der Waals surface area contributed by atoms with Crippen molar-refractivity contribution < 1.29 is 4.92 Å². The molecule has 0 radical (unpaired) electrons. The minimum atomic E-state index is -0.381. The van der Waals surface area contributed by atoms with Crippen LogP contribution < -0.4 is 5.32 Å². The smallest absolute Gasteiger partial charge is 0.272 e. The predicted molar refractivity (Wildman–Crippen MR) is 63.7 cm³/mol. The van der Waals surface area contributed by atoms with Crippen molar-refractivity contribution in [1.29, 1.82) is 0 Å². The number of H-pyrrole nitrogens is 1. The highest BCUT2D eigenvalue weighted by molar-refractivity contribution is 5.53. The molecule has 2 aromatic rings. The summed E-state index contributed by atoms with van der Waals surface area (Å²) in [5.41, 5.74) is 2.59. The molecule has 1 aromatic carbocycles. The normalized spacial score (nSPS) is 10.2. The molecular weight excluding hydrogens is 220 g/mol. The van der Waals surface area contributed by atoms with Crippen molar-refractivity contribution in [3.05, 3.63) is 52.1 Å². The van der Waals surface area contributed by atoms with Crippen LogP contribution in [0.4, 0.5) is 11.4 Å². The highest BCUT2D eigenvalue weighted by Gasteiger charge is 2.09. The highest BCUT2D eigenvalue weighted by Crippen LogP contribution is 2.21. The first-order chi connectivity index (χ1) is 8.16. The fourth-order valence-electron chi connectivity index (χ4n) is 1.55. The molecule has 2 rings (SSSR count). The Balaban J connectivity index is 2.07. The van der Waals surface area contributed by atoms with Crippen LogP contribution in [0.1, 0.15) is 11.3 Å². The second-order valence-electron chi connectivity index (χ2n) is 3.69. The van der Waals surface area contributed by atoms with Crippen LogP contribution in [0, 0.1) is 17.0 Å². The van der Waals surface area contributed by atoms with Gasteiger partial charge in [0.25, 0.3) is 5.69 Å². The lowest BCUT2D eigenvalue weighted by Crippen LogP contribution is -2.00. The van der Waals surface area contributed by atoms with Gasteiger partial charge in [-0.25, -0.2) is 4.98 Å². The van der Waals surface area contributed by atoms with Crippen molar-refractivity contribution in [2.24, 2.45) is 0 Å². The zero-order valence-electron chi connectivity index (χ0n) is 9.30. The molecule has 17 heavy (non-hydrogen) atoms. The topological polar surface area (TPSA) is 83.8 Å². The summed E-state index contributed by atoms with van der Waals surface area (Å²) in [5, 5.41) is 13.8. The number of hydrogen-bond acceptors (Lipinski definition) is 4. The van der Waals surface area contributed by atoms with Crippen LogP contribution in [-0.4, -0.2) is 14.9 Å². The fourth-order valence-corrected chi connectivity index (χ4v) is 1.55. The van der Waals surface area contributed by atoms with Crippen molar-refractivity contribution >= 4 is 11.4 Å². The lowest BCUT2D eigenvalue weighted by Gasteiger charge is -2.05. The Labute approximate surface area is 97.9 Å². The number of aryl methyl sites for hydroxylation is 1. The molecular formula is C11H12N4O2. The van der Waals surface area contributed by atoms with Gasteiger partial charge in [0.05, 0.1) is 23.5 Å². The van der Waals surface area contributed by atoms with Crippen LogP contribution in [-0.2, 0) is 6.54 Å². The number of nitrogens with one attached hydrogen (secondary N) is 2. The van der Waals surface area contributed by atoms with E-state index < -0.39 is 0 Å². The SMILES string of the molecule is Cc1cc(NCc2cnc[nH]2)ccc1[N+](=O)[O-]. The number of aromatic nitrogens is 2. The van der Waals surface area contributed by atoms with E-state index in [1.54, 1.807) is 31.6 Å². The largest absolute Gasteiger partial charge is 0.379 e. The molecule has 0 atom stereocenters. The van der Waals surface area contributed by atoms with Gasteiger partial charge in [0.15, 0.2) is 0 Å². The molecule has 6 nitrogen and oxygen atoms in total. The molecule has 0 unspecified atom stereocenters. The minimum Gasteiger partial charge on any atom is -0.379 e. The zero-order valence-corrected chi connectivity index (χ0v) is 9.30. The summed E-state index contributed by atoms with van der Waals surface area (Å²) in [5.74, 6) is 0. The van der Waals surface area contributed by atoms with Crippen molar-refractivity contribution in [1.82, 2.24) is 9.97 Å². The van der Waals surface area contributed by atoms with Crippen LogP contribution in [0.3, 0.4) is 0 Å². The van der Waals surface area contributed by atoms with E-state index >= 15 is 0 Å². The average Bonchev–Trinajstić information content (AvgIpc) is 2.78. The van der Waals surface area contributed by atoms with Gasteiger partial charge in [0, 0.05) is 23.5 Å². The van der Waals surface area contributed by atoms with E-state index in [0.29, 0.717) is 12.1 Å². The lowest BCUT2D eigenvalue weighted by atomic mass is 10.2. The van der Waals surface area contributed by atoms with Gasteiger partial charge in [-0.05, 0) is 19.1 Å². The minimum absolute atomic E-state index is 0.136. The number of rotatable bonds is 4. The summed E-state index contributed by atoms with van der Waals surface area (Å²) in [6.45, 7) is 2.33. The second-order valence-corrected chi connectivity index (χ2v) is 3.69. The van der Waals surface area contributed by atoms with Gasteiger partial charge in [0.2, 0.25) is 0 Å². The van der Waals surface area contributed by atoms with Gasteiger partial charge in [-0.15, -0.1) is 0 Å². The molecule has 0 aliphatic rings. The maximum Gasteiger partial charge on any atom is 0.272 e. The molecule has 0 saturated heterocycles. The van der Waals surface area contributed by atoms with E-state index in [9.17, 15) is 10.1 Å². The monoisotopic (exact) mass is 232 g/mol. The number of nitrogens with zero attached hydrogens (tertiary/aromatic N) is 2.